The number of anilines is 1. The normalized spacial score (nSPS) is 21.3. The van der Waals surface area contributed by atoms with E-state index in [1.807, 2.05) is 30.0 Å². The zero-order valence-corrected chi connectivity index (χ0v) is 18.4. The van der Waals surface area contributed by atoms with E-state index in [1.54, 1.807) is 0 Å². The smallest absolute Gasteiger partial charge is 0.425 e. The molecule has 0 aliphatic carbocycles. The topological polar surface area (TPSA) is 73.3 Å². The maximum atomic E-state index is 12.6. The van der Waals surface area contributed by atoms with Crippen molar-refractivity contribution in [3.05, 3.63) is 29.3 Å². The van der Waals surface area contributed by atoms with Crippen LogP contribution in [0.1, 0.15) is 37.3 Å². The van der Waals surface area contributed by atoms with Crippen LogP contribution in [0, 0.1) is 6.92 Å². The van der Waals surface area contributed by atoms with E-state index < -0.39 is 30.4 Å². The van der Waals surface area contributed by atoms with E-state index in [-0.39, 0.29) is 13.1 Å². The van der Waals surface area contributed by atoms with Gasteiger partial charge in [0.2, 0.25) is 0 Å². The molecule has 178 valence electrons. The highest BCUT2D eigenvalue weighted by Crippen LogP contribution is 2.30. The van der Waals surface area contributed by atoms with Crippen LogP contribution < -0.4 is 4.90 Å². The highest BCUT2D eigenvalue weighted by Gasteiger charge is 2.40. The number of carbonyl (C=O) groups excluding carboxylic acids is 1. The van der Waals surface area contributed by atoms with Crippen molar-refractivity contribution in [2.24, 2.45) is 0 Å². The number of piperazine rings is 1. The van der Waals surface area contributed by atoms with Crippen LogP contribution in [0.5, 0.6) is 0 Å². The quantitative estimate of drug-likeness (QED) is 0.728. The number of amides is 1. The second kappa shape index (κ2) is 9.97. The van der Waals surface area contributed by atoms with Gasteiger partial charge in [-0.2, -0.15) is 13.2 Å². The molecule has 10 heteroatoms. The Morgan fingerprint density at radius 3 is 2.47 bits per heavy atom. The van der Waals surface area contributed by atoms with Gasteiger partial charge in [0.05, 0.1) is 0 Å². The van der Waals surface area contributed by atoms with Crippen molar-refractivity contribution in [1.29, 1.82) is 0 Å². The van der Waals surface area contributed by atoms with Crippen molar-refractivity contribution in [3.63, 3.8) is 0 Å². The fourth-order valence-electron chi connectivity index (χ4n) is 4.17. The lowest BCUT2D eigenvalue weighted by atomic mass is 9.98. The largest absolute Gasteiger partial charge is 0.480 e. The summed E-state index contributed by atoms with van der Waals surface area (Å²) in [4.78, 5) is 29.2. The number of ether oxygens (including phenoxy) is 1. The van der Waals surface area contributed by atoms with Crippen molar-refractivity contribution < 1.29 is 32.6 Å². The monoisotopic (exact) mass is 457 g/mol. The van der Waals surface area contributed by atoms with Crippen LogP contribution in [0.4, 0.5) is 23.7 Å². The number of carbonyl (C=O) groups is 2. The Labute approximate surface area is 185 Å². The second-order valence-electron chi connectivity index (χ2n) is 8.51. The fraction of sp³-hybridized carbons (Fsp3) is 0.636. The summed E-state index contributed by atoms with van der Waals surface area (Å²) in [6.45, 7) is 5.57. The van der Waals surface area contributed by atoms with Gasteiger partial charge in [0.1, 0.15) is 6.04 Å². The van der Waals surface area contributed by atoms with Crippen LogP contribution in [0.2, 0.25) is 0 Å². The molecule has 2 aliphatic rings. The summed E-state index contributed by atoms with van der Waals surface area (Å²) >= 11 is 0. The first kappa shape index (κ1) is 24.2. The Morgan fingerprint density at radius 2 is 1.84 bits per heavy atom. The van der Waals surface area contributed by atoms with Crippen molar-refractivity contribution in [1.82, 2.24) is 9.80 Å². The molecule has 2 heterocycles. The van der Waals surface area contributed by atoms with E-state index in [0.717, 1.165) is 36.6 Å². The summed E-state index contributed by atoms with van der Waals surface area (Å²) in [6, 6.07) is 5.46. The van der Waals surface area contributed by atoms with E-state index in [9.17, 15) is 27.9 Å². The third-order valence-electron chi connectivity index (χ3n) is 6.10. The molecule has 0 aromatic heterocycles. The predicted molar refractivity (Wildman–Crippen MR) is 113 cm³/mol. The maximum absolute atomic E-state index is 12.6. The van der Waals surface area contributed by atoms with E-state index in [4.69, 9.17) is 0 Å². The SMILES string of the molecule is Cc1ccc(CN2CCN(C(=O)OC(C)C(F)(F)F)CC2)c(N2CCCCC2C(=O)O)c1. The first-order valence-electron chi connectivity index (χ1n) is 10.9. The summed E-state index contributed by atoms with van der Waals surface area (Å²) in [7, 11) is 0. The zero-order valence-electron chi connectivity index (χ0n) is 18.4. The van der Waals surface area contributed by atoms with Gasteiger partial charge in [0.25, 0.3) is 0 Å². The number of halogens is 3. The van der Waals surface area contributed by atoms with Gasteiger partial charge in [0.15, 0.2) is 6.10 Å². The summed E-state index contributed by atoms with van der Waals surface area (Å²) in [5.74, 6) is -0.822. The number of aliphatic carboxylic acids is 1. The van der Waals surface area contributed by atoms with Crippen molar-refractivity contribution in [2.45, 2.75) is 58.0 Å². The number of aryl methyl sites for hydroxylation is 1. The minimum atomic E-state index is -4.58. The Kier molecular flexibility index (Phi) is 7.53. The van der Waals surface area contributed by atoms with Gasteiger partial charge in [-0.3, -0.25) is 4.90 Å². The van der Waals surface area contributed by atoms with Crippen LogP contribution in [-0.2, 0) is 16.1 Å². The summed E-state index contributed by atoms with van der Waals surface area (Å²) in [5.41, 5.74) is 2.97. The molecular formula is C22H30F3N3O4. The van der Waals surface area contributed by atoms with Crippen LogP contribution in [0.15, 0.2) is 18.2 Å². The lowest BCUT2D eigenvalue weighted by molar-refractivity contribution is -0.200. The molecule has 0 radical (unpaired) electrons. The van der Waals surface area contributed by atoms with Gasteiger partial charge >= 0.3 is 18.2 Å². The van der Waals surface area contributed by atoms with Gasteiger partial charge in [-0.1, -0.05) is 12.1 Å². The standard InChI is InChI=1S/C22H30F3N3O4/c1-15-6-7-17(19(13-15)28-8-4-3-5-18(28)20(29)30)14-26-9-11-27(12-10-26)21(31)32-16(2)22(23,24)25/h6-7,13,16,18H,3-5,8-12,14H2,1-2H3,(H,29,30). The fourth-order valence-corrected chi connectivity index (χ4v) is 4.17. The number of piperidine rings is 1. The van der Waals surface area contributed by atoms with Crippen molar-refractivity contribution in [2.75, 3.05) is 37.6 Å². The molecule has 2 unspecified atom stereocenters. The van der Waals surface area contributed by atoms with Gasteiger partial charge < -0.3 is 19.6 Å². The van der Waals surface area contributed by atoms with E-state index >= 15 is 0 Å². The van der Waals surface area contributed by atoms with Crippen LogP contribution in [0.3, 0.4) is 0 Å². The first-order chi connectivity index (χ1) is 15.1. The van der Waals surface area contributed by atoms with Crippen LogP contribution in [-0.4, -0.2) is 78.0 Å². The molecular weight excluding hydrogens is 427 g/mol. The van der Waals surface area contributed by atoms with Crippen LogP contribution in [0.25, 0.3) is 0 Å². The molecule has 2 aliphatic heterocycles. The molecule has 32 heavy (non-hydrogen) atoms. The lowest BCUT2D eigenvalue weighted by Gasteiger charge is -2.38. The zero-order chi connectivity index (χ0) is 23.5. The number of alkyl halides is 3. The molecule has 7 nitrogen and oxygen atoms in total. The van der Waals surface area contributed by atoms with Crippen LogP contribution >= 0.6 is 0 Å². The minimum absolute atomic E-state index is 0.270. The molecule has 2 fully saturated rings. The number of benzene rings is 1. The highest BCUT2D eigenvalue weighted by molar-refractivity contribution is 5.79. The van der Waals surface area contributed by atoms with Gasteiger partial charge in [0, 0.05) is 45.0 Å². The molecule has 1 aromatic rings. The van der Waals surface area contributed by atoms with Crippen molar-refractivity contribution in [3.8, 4) is 0 Å². The van der Waals surface area contributed by atoms with Crippen molar-refractivity contribution >= 4 is 17.7 Å². The number of nitrogens with zero attached hydrogens (tertiary/aromatic N) is 3. The Hall–Kier alpha value is -2.49. The minimum Gasteiger partial charge on any atom is -0.480 e. The number of hydrogen-bond donors (Lipinski definition) is 1. The molecule has 2 atom stereocenters. The molecule has 2 saturated heterocycles. The average Bonchev–Trinajstić information content (AvgIpc) is 2.74. The van der Waals surface area contributed by atoms with E-state index in [1.165, 1.54) is 4.90 Å². The summed E-state index contributed by atoms with van der Waals surface area (Å²) < 4.78 is 42.4. The van der Waals surface area contributed by atoms with E-state index in [2.05, 4.69) is 9.64 Å². The molecule has 0 spiro atoms. The maximum Gasteiger partial charge on any atom is 0.425 e. The van der Waals surface area contributed by atoms with E-state index in [0.29, 0.717) is 32.6 Å². The first-order valence-corrected chi connectivity index (χ1v) is 10.9. The average molecular weight is 457 g/mol. The number of carboxylic acid groups (broad SMARTS) is 1. The third kappa shape index (κ3) is 5.85. The molecule has 1 aromatic carbocycles. The number of rotatable bonds is 5. The predicted octanol–water partition coefficient (Wildman–Crippen LogP) is 3.64. The molecule has 1 amide bonds. The van der Waals surface area contributed by atoms with Gasteiger partial charge in [-0.15, -0.1) is 0 Å². The second-order valence-corrected chi connectivity index (χ2v) is 8.51. The Bertz CT molecular complexity index is 825. The Morgan fingerprint density at radius 1 is 1.16 bits per heavy atom. The molecule has 0 saturated carbocycles. The van der Waals surface area contributed by atoms with Gasteiger partial charge in [-0.25, -0.2) is 9.59 Å². The molecule has 3 rings (SSSR count). The number of carboxylic acids is 1. The van der Waals surface area contributed by atoms with Gasteiger partial charge in [-0.05, 0) is 50.3 Å². The molecule has 0 bridgehead atoms. The molecule has 1 N–H and O–H groups in total. The Balaban J connectivity index is 1.64. The lowest BCUT2D eigenvalue weighted by Crippen LogP contribution is -2.50. The summed E-state index contributed by atoms with van der Waals surface area (Å²) in [5, 5.41) is 9.67. The number of hydrogen-bond acceptors (Lipinski definition) is 5. The third-order valence-corrected chi connectivity index (χ3v) is 6.10. The summed E-state index contributed by atoms with van der Waals surface area (Å²) in [6.07, 6.45) is -5.24. The highest BCUT2D eigenvalue weighted by atomic mass is 19.4.